The van der Waals surface area contributed by atoms with E-state index in [1.165, 1.54) is 32.4 Å². The molecule has 1 unspecified atom stereocenters. The number of methoxy groups -OCH3 is 2. The first kappa shape index (κ1) is 17.9. The maximum atomic E-state index is 12.3. The summed E-state index contributed by atoms with van der Waals surface area (Å²) in [5.41, 5.74) is 0.658. The number of benzene rings is 1. The second-order valence-electron chi connectivity index (χ2n) is 7.04. The fraction of sp³-hybridized carbons (Fsp3) is 0.632. The van der Waals surface area contributed by atoms with Crippen molar-refractivity contribution in [2.75, 3.05) is 39.2 Å². The molecule has 3 saturated heterocycles. The molecular formula is C19H29N3O3. The van der Waals surface area contributed by atoms with Crippen molar-refractivity contribution in [2.24, 2.45) is 11.8 Å². The Morgan fingerprint density at radius 2 is 1.96 bits per heavy atom. The fourth-order valence-corrected chi connectivity index (χ4v) is 4.19. The normalized spacial score (nSPS) is 27.6. The molecule has 1 aromatic carbocycles. The van der Waals surface area contributed by atoms with Crippen LogP contribution in [0.5, 0.6) is 11.5 Å². The molecule has 0 spiro atoms. The molecule has 0 radical (unpaired) electrons. The van der Waals surface area contributed by atoms with Crippen LogP contribution in [0.4, 0.5) is 10.5 Å². The van der Waals surface area contributed by atoms with Crippen molar-refractivity contribution < 1.29 is 14.3 Å². The van der Waals surface area contributed by atoms with E-state index in [0.717, 1.165) is 11.8 Å². The Kier molecular flexibility index (Phi) is 5.68. The minimum atomic E-state index is -0.190. The summed E-state index contributed by atoms with van der Waals surface area (Å²) in [5, 5.41) is 5.89. The van der Waals surface area contributed by atoms with Crippen molar-refractivity contribution in [2.45, 2.75) is 32.2 Å². The van der Waals surface area contributed by atoms with Gasteiger partial charge in [-0.2, -0.15) is 0 Å². The van der Waals surface area contributed by atoms with Crippen molar-refractivity contribution in [3.63, 3.8) is 0 Å². The average Bonchev–Trinajstić information content (AvgIpc) is 2.66. The van der Waals surface area contributed by atoms with E-state index in [1.54, 1.807) is 32.4 Å². The highest BCUT2D eigenvalue weighted by Gasteiger charge is 2.38. The fourth-order valence-electron chi connectivity index (χ4n) is 4.19. The molecule has 2 N–H and O–H groups in total. The van der Waals surface area contributed by atoms with Crippen LogP contribution < -0.4 is 20.1 Å². The number of rotatable bonds is 6. The molecule has 6 heteroatoms. The largest absolute Gasteiger partial charge is 0.497 e. The Bertz CT molecular complexity index is 585. The molecule has 3 fully saturated rings. The maximum absolute atomic E-state index is 12.3. The summed E-state index contributed by atoms with van der Waals surface area (Å²) in [4.78, 5) is 14.8. The predicted molar refractivity (Wildman–Crippen MR) is 98.4 cm³/mol. The lowest BCUT2D eigenvalue weighted by atomic mass is 9.74. The monoisotopic (exact) mass is 347 g/mol. The molecule has 138 valence electrons. The van der Waals surface area contributed by atoms with E-state index in [4.69, 9.17) is 9.47 Å². The molecule has 0 aliphatic carbocycles. The first-order chi connectivity index (χ1) is 12.1. The van der Waals surface area contributed by atoms with E-state index in [2.05, 4.69) is 22.5 Å². The number of amides is 2. The van der Waals surface area contributed by atoms with Gasteiger partial charge in [0.15, 0.2) is 0 Å². The minimum absolute atomic E-state index is 0.190. The van der Waals surface area contributed by atoms with Crippen molar-refractivity contribution >= 4 is 11.7 Å². The Morgan fingerprint density at radius 1 is 1.24 bits per heavy atom. The number of carbonyl (C=O) groups is 1. The Hall–Kier alpha value is -1.95. The van der Waals surface area contributed by atoms with Gasteiger partial charge in [-0.15, -0.1) is 0 Å². The van der Waals surface area contributed by atoms with Gasteiger partial charge in [-0.1, -0.05) is 13.3 Å². The van der Waals surface area contributed by atoms with Crippen LogP contribution in [0, 0.1) is 11.8 Å². The Balaban J connectivity index is 1.52. The number of nitrogens with zero attached hydrogens (tertiary/aromatic N) is 1. The zero-order valence-electron chi connectivity index (χ0n) is 15.4. The van der Waals surface area contributed by atoms with Gasteiger partial charge in [0, 0.05) is 43.0 Å². The van der Waals surface area contributed by atoms with E-state index in [-0.39, 0.29) is 6.03 Å². The van der Waals surface area contributed by atoms with Gasteiger partial charge >= 0.3 is 6.03 Å². The summed E-state index contributed by atoms with van der Waals surface area (Å²) in [6.45, 7) is 5.33. The topological polar surface area (TPSA) is 62.8 Å². The van der Waals surface area contributed by atoms with E-state index in [0.29, 0.717) is 29.8 Å². The molecule has 2 amide bonds. The summed E-state index contributed by atoms with van der Waals surface area (Å²) in [5.74, 6) is 2.96. The molecule has 0 saturated carbocycles. The van der Waals surface area contributed by atoms with Gasteiger partial charge in [0.05, 0.1) is 14.2 Å². The summed E-state index contributed by atoms with van der Waals surface area (Å²) in [6.07, 6.45) is 3.77. The first-order valence-corrected chi connectivity index (χ1v) is 9.15. The molecular weight excluding hydrogens is 318 g/mol. The quantitative estimate of drug-likeness (QED) is 0.830. The number of hydrogen-bond donors (Lipinski definition) is 2. The molecule has 4 atom stereocenters. The lowest BCUT2D eigenvalue weighted by Gasteiger charge is -2.49. The van der Waals surface area contributed by atoms with Crippen molar-refractivity contribution in [1.82, 2.24) is 10.2 Å². The van der Waals surface area contributed by atoms with Crippen LogP contribution >= 0.6 is 0 Å². The molecule has 25 heavy (non-hydrogen) atoms. The lowest BCUT2D eigenvalue weighted by molar-refractivity contribution is 0.00159. The Labute approximate surface area is 149 Å². The summed E-state index contributed by atoms with van der Waals surface area (Å²) in [6, 6.07) is 5.61. The number of ether oxygens (including phenoxy) is 2. The van der Waals surface area contributed by atoms with Crippen LogP contribution in [0.15, 0.2) is 18.2 Å². The third-order valence-electron chi connectivity index (χ3n) is 5.65. The molecule has 0 aromatic heterocycles. The highest BCUT2D eigenvalue weighted by Crippen LogP contribution is 2.37. The number of piperidine rings is 3. The van der Waals surface area contributed by atoms with Gasteiger partial charge in [-0.05, 0) is 31.2 Å². The van der Waals surface area contributed by atoms with Crippen LogP contribution in [0.3, 0.4) is 0 Å². The SMILES string of the molecule is CC[C@H]1CN2CC[C@H]1C[C@@H]2CNC(=O)Nc1cc(OC)cc(OC)c1. The smallest absolute Gasteiger partial charge is 0.319 e. The van der Waals surface area contributed by atoms with Crippen molar-refractivity contribution in [3.8, 4) is 11.5 Å². The number of nitrogens with one attached hydrogen (secondary N) is 2. The van der Waals surface area contributed by atoms with Gasteiger partial charge in [-0.3, -0.25) is 4.90 Å². The summed E-state index contributed by atoms with van der Waals surface area (Å²) in [7, 11) is 3.18. The standard InChI is InChI=1S/C19H29N3O3/c1-4-13-12-22-6-5-14(13)7-16(22)11-20-19(23)21-15-8-17(24-2)10-18(9-15)25-3/h8-10,13-14,16H,4-7,11-12H2,1-3H3,(H2,20,21,23)/t13-,14-,16+/m0/s1. The van der Waals surface area contributed by atoms with Crippen LogP contribution in [-0.2, 0) is 0 Å². The van der Waals surface area contributed by atoms with Gasteiger partial charge in [0.2, 0.25) is 0 Å². The molecule has 3 aliphatic heterocycles. The van der Waals surface area contributed by atoms with E-state index < -0.39 is 0 Å². The maximum Gasteiger partial charge on any atom is 0.319 e. The van der Waals surface area contributed by atoms with Gasteiger partial charge < -0.3 is 20.1 Å². The summed E-state index contributed by atoms with van der Waals surface area (Å²) >= 11 is 0. The summed E-state index contributed by atoms with van der Waals surface area (Å²) < 4.78 is 10.5. The number of fused-ring (bicyclic) bond motifs is 3. The number of carbonyl (C=O) groups excluding carboxylic acids is 1. The van der Waals surface area contributed by atoms with Gasteiger partial charge in [0.25, 0.3) is 0 Å². The lowest BCUT2D eigenvalue weighted by Crippen LogP contribution is -2.56. The number of hydrogen-bond acceptors (Lipinski definition) is 4. The predicted octanol–water partition coefficient (Wildman–Crippen LogP) is 2.95. The third kappa shape index (κ3) is 4.18. The zero-order chi connectivity index (χ0) is 17.8. The van der Waals surface area contributed by atoms with E-state index >= 15 is 0 Å². The highest BCUT2D eigenvalue weighted by atomic mass is 16.5. The molecule has 2 bridgehead atoms. The van der Waals surface area contributed by atoms with Crippen molar-refractivity contribution in [1.29, 1.82) is 0 Å². The van der Waals surface area contributed by atoms with Crippen LogP contribution in [0.2, 0.25) is 0 Å². The molecule has 6 nitrogen and oxygen atoms in total. The van der Waals surface area contributed by atoms with Crippen LogP contribution in [-0.4, -0.2) is 50.8 Å². The van der Waals surface area contributed by atoms with Crippen LogP contribution in [0.1, 0.15) is 26.2 Å². The molecule has 1 aromatic rings. The van der Waals surface area contributed by atoms with Crippen molar-refractivity contribution in [3.05, 3.63) is 18.2 Å². The average molecular weight is 347 g/mol. The van der Waals surface area contributed by atoms with Gasteiger partial charge in [-0.25, -0.2) is 4.79 Å². The molecule has 3 heterocycles. The van der Waals surface area contributed by atoms with Crippen LogP contribution in [0.25, 0.3) is 0 Å². The second-order valence-corrected chi connectivity index (χ2v) is 7.04. The van der Waals surface area contributed by atoms with Gasteiger partial charge in [0.1, 0.15) is 11.5 Å². The van der Waals surface area contributed by atoms with E-state index in [9.17, 15) is 4.79 Å². The highest BCUT2D eigenvalue weighted by molar-refractivity contribution is 5.89. The third-order valence-corrected chi connectivity index (χ3v) is 5.65. The zero-order valence-corrected chi connectivity index (χ0v) is 15.4. The minimum Gasteiger partial charge on any atom is -0.497 e. The Morgan fingerprint density at radius 3 is 2.52 bits per heavy atom. The number of urea groups is 1. The number of anilines is 1. The second kappa shape index (κ2) is 7.95. The first-order valence-electron chi connectivity index (χ1n) is 9.15. The van der Waals surface area contributed by atoms with E-state index in [1.807, 2.05) is 0 Å². The molecule has 4 rings (SSSR count). The molecule has 3 aliphatic rings.